The lowest BCUT2D eigenvalue weighted by Crippen LogP contribution is -2.35. The summed E-state index contributed by atoms with van der Waals surface area (Å²) in [5, 5.41) is 10.9. The highest BCUT2D eigenvalue weighted by Gasteiger charge is 2.49. The second-order valence-electron chi connectivity index (χ2n) is 7.52. The van der Waals surface area contributed by atoms with Crippen LogP contribution in [0.15, 0.2) is 12.7 Å². The van der Waals surface area contributed by atoms with Crippen molar-refractivity contribution >= 4 is 48.4 Å². The Morgan fingerprint density at radius 3 is 2.74 bits per heavy atom. The summed E-state index contributed by atoms with van der Waals surface area (Å²) in [6.07, 6.45) is -0.199. The van der Waals surface area contributed by atoms with Gasteiger partial charge in [-0.15, -0.1) is 0 Å². The van der Waals surface area contributed by atoms with Crippen molar-refractivity contribution in [2.45, 2.75) is 51.7 Å². The minimum atomic E-state index is -3.64. The first-order chi connectivity index (χ1) is 12.5. The summed E-state index contributed by atoms with van der Waals surface area (Å²) >= 11 is 8.45. The number of aromatic nitrogens is 4. The van der Waals surface area contributed by atoms with E-state index in [0.29, 0.717) is 17.6 Å². The Labute approximate surface area is 166 Å². The number of anilines is 1. The lowest BCUT2D eigenvalue weighted by molar-refractivity contribution is -0.0453. The number of nitrogens with two attached hydrogens (primary N) is 1. The van der Waals surface area contributed by atoms with Gasteiger partial charge >= 0.3 is 6.72 Å². The number of thiol groups is 1. The van der Waals surface area contributed by atoms with E-state index in [1.54, 1.807) is 4.57 Å². The van der Waals surface area contributed by atoms with Gasteiger partial charge in [0.15, 0.2) is 17.7 Å². The van der Waals surface area contributed by atoms with Gasteiger partial charge in [0.1, 0.15) is 24.1 Å². The summed E-state index contributed by atoms with van der Waals surface area (Å²) in [6.45, 7) is 2.44. The fourth-order valence-corrected chi connectivity index (χ4v) is 4.10. The van der Waals surface area contributed by atoms with Crippen molar-refractivity contribution in [3.8, 4) is 0 Å². The Hall–Kier alpha value is -0.850. The monoisotopic (exact) mass is 435 g/mol. The Kier molecular flexibility index (Phi) is 5.82. The van der Waals surface area contributed by atoms with Crippen molar-refractivity contribution < 1.29 is 23.2 Å². The van der Waals surface area contributed by atoms with E-state index < -0.39 is 31.3 Å². The summed E-state index contributed by atoms with van der Waals surface area (Å²) in [6, 6.07) is 0. The molecule has 27 heavy (non-hydrogen) atoms. The Morgan fingerprint density at radius 2 is 2.11 bits per heavy atom. The van der Waals surface area contributed by atoms with Crippen molar-refractivity contribution in [3.05, 3.63) is 12.7 Å². The summed E-state index contributed by atoms with van der Waals surface area (Å²) < 4.78 is 17.7. The third-order valence-electron chi connectivity index (χ3n) is 4.14. The molecule has 3 unspecified atom stereocenters. The number of aliphatic hydroxyl groups is 1. The van der Waals surface area contributed by atoms with Crippen molar-refractivity contribution in [1.82, 2.24) is 19.5 Å². The highest BCUT2D eigenvalue weighted by atomic mass is 32.5. The summed E-state index contributed by atoms with van der Waals surface area (Å²) in [4.78, 5) is 22.3. The van der Waals surface area contributed by atoms with Gasteiger partial charge in [-0.05, 0) is 36.6 Å². The number of fused-ring (bicyclic) bond motifs is 1. The summed E-state index contributed by atoms with van der Waals surface area (Å²) in [5.41, 5.74) is 6.50. The average molecular weight is 435 g/mol. The first-order valence-electron chi connectivity index (χ1n) is 8.13. The van der Waals surface area contributed by atoms with Crippen molar-refractivity contribution in [2.75, 3.05) is 5.73 Å². The van der Waals surface area contributed by atoms with E-state index in [1.807, 2.05) is 20.8 Å². The molecule has 1 aliphatic rings. The predicted octanol–water partition coefficient (Wildman–Crippen LogP) is 1.57. The number of imidazole rings is 1. The minimum Gasteiger partial charge on any atom is -0.386 e. The molecule has 4 N–H and O–H groups in total. The van der Waals surface area contributed by atoms with Gasteiger partial charge in [0, 0.05) is 0 Å². The largest absolute Gasteiger partial charge is 0.386 e. The van der Waals surface area contributed by atoms with Gasteiger partial charge in [0.25, 0.3) is 0 Å². The fraction of sp³-hybridized carbons (Fsp3) is 0.643. The van der Waals surface area contributed by atoms with E-state index in [2.05, 4.69) is 31.8 Å². The fourth-order valence-electron chi connectivity index (χ4n) is 3.08. The number of hydrogen-bond donors (Lipinski definition) is 4. The van der Waals surface area contributed by atoms with Crippen LogP contribution < -0.4 is 5.73 Å². The molecule has 150 valence electrons. The molecule has 0 bridgehead atoms. The van der Waals surface area contributed by atoms with Gasteiger partial charge in [-0.25, -0.2) is 18.9 Å². The number of hydrogen-bond acceptors (Lipinski definition) is 10. The van der Waals surface area contributed by atoms with Crippen LogP contribution in [0.2, 0.25) is 0 Å². The van der Waals surface area contributed by atoms with Crippen molar-refractivity contribution in [3.63, 3.8) is 0 Å². The van der Waals surface area contributed by atoms with Gasteiger partial charge in [0.2, 0.25) is 0 Å². The molecule has 0 aliphatic carbocycles. The molecule has 3 heterocycles. The van der Waals surface area contributed by atoms with Gasteiger partial charge in [-0.2, -0.15) is 0 Å². The Morgan fingerprint density at radius 1 is 1.41 bits per heavy atom. The number of rotatable bonds is 5. The first kappa shape index (κ1) is 20.9. The molecule has 1 fully saturated rings. The highest BCUT2D eigenvalue weighted by molar-refractivity contribution is 8.09. The molecule has 3 rings (SSSR count). The maximum atomic E-state index is 10.9. The highest BCUT2D eigenvalue weighted by Crippen LogP contribution is 2.50. The maximum Gasteiger partial charge on any atom is 0.336 e. The molecular formula is C14H22N5O5PS2. The van der Waals surface area contributed by atoms with E-state index in [4.69, 9.17) is 26.8 Å². The number of nitrogen functional groups attached to an aromatic ring is 1. The quantitative estimate of drug-likeness (QED) is 0.311. The normalized spacial score (nSPS) is 28.5. The molecule has 2 aromatic heterocycles. The lowest BCUT2D eigenvalue weighted by atomic mass is 9.87. The van der Waals surface area contributed by atoms with Crippen LogP contribution in [0.4, 0.5) is 5.82 Å². The molecule has 0 saturated carbocycles. The van der Waals surface area contributed by atoms with E-state index in [0.717, 1.165) is 0 Å². The molecule has 1 saturated heterocycles. The van der Waals surface area contributed by atoms with Crippen LogP contribution in [-0.2, 0) is 25.0 Å². The minimum absolute atomic E-state index is 0.135. The molecule has 10 nitrogen and oxygen atoms in total. The molecule has 0 amide bonds. The van der Waals surface area contributed by atoms with E-state index >= 15 is 0 Å². The second kappa shape index (κ2) is 7.53. The van der Waals surface area contributed by atoms with Gasteiger partial charge in [-0.1, -0.05) is 20.8 Å². The SMILES string of the molecule is CC(C)(C)C[C@H]1O[C@@H](n2cnc3c(N)ncnc32)C(O)C1OP(O)(=S)OS. The molecule has 0 radical (unpaired) electrons. The van der Waals surface area contributed by atoms with Gasteiger partial charge in [0.05, 0.1) is 12.4 Å². The molecule has 5 atom stereocenters. The van der Waals surface area contributed by atoms with E-state index in [-0.39, 0.29) is 11.2 Å². The Bertz CT molecular complexity index is 875. The van der Waals surface area contributed by atoms with Crippen LogP contribution in [0.5, 0.6) is 0 Å². The van der Waals surface area contributed by atoms with Crippen LogP contribution in [-0.4, -0.2) is 47.8 Å². The molecule has 2 aromatic rings. The number of aliphatic hydroxyl groups excluding tert-OH is 1. The topological polar surface area (TPSA) is 138 Å². The lowest BCUT2D eigenvalue weighted by Gasteiger charge is -2.28. The summed E-state index contributed by atoms with van der Waals surface area (Å²) in [5.74, 6) is 0.222. The van der Waals surface area contributed by atoms with Crippen LogP contribution >= 0.6 is 19.6 Å². The van der Waals surface area contributed by atoms with Crippen LogP contribution in [0.3, 0.4) is 0 Å². The predicted molar refractivity (Wildman–Crippen MR) is 105 cm³/mol. The molecule has 0 aromatic carbocycles. The van der Waals surface area contributed by atoms with Gasteiger partial charge < -0.3 is 20.5 Å². The smallest absolute Gasteiger partial charge is 0.336 e. The van der Waals surface area contributed by atoms with Crippen LogP contribution in [0.25, 0.3) is 11.2 Å². The van der Waals surface area contributed by atoms with Crippen molar-refractivity contribution in [2.24, 2.45) is 5.41 Å². The molecule has 1 aliphatic heterocycles. The zero-order valence-electron chi connectivity index (χ0n) is 15.0. The van der Waals surface area contributed by atoms with Crippen LogP contribution in [0.1, 0.15) is 33.4 Å². The number of nitrogens with zero attached hydrogens (tertiary/aromatic N) is 4. The van der Waals surface area contributed by atoms with Crippen LogP contribution in [0, 0.1) is 5.41 Å². The maximum absolute atomic E-state index is 10.9. The molecule has 13 heteroatoms. The van der Waals surface area contributed by atoms with E-state index in [9.17, 15) is 10.00 Å². The first-order valence-corrected chi connectivity index (χ1v) is 11.1. The zero-order valence-corrected chi connectivity index (χ0v) is 17.6. The molecule has 0 spiro atoms. The summed E-state index contributed by atoms with van der Waals surface area (Å²) in [7, 11) is 0. The van der Waals surface area contributed by atoms with Gasteiger partial charge in [-0.3, -0.25) is 9.09 Å². The average Bonchev–Trinajstić information content (AvgIpc) is 3.11. The Balaban J connectivity index is 1.96. The zero-order chi connectivity index (χ0) is 20.0. The second-order valence-corrected chi connectivity index (χ2v) is 10.7. The number of ether oxygens (including phenoxy) is 1. The standard InChI is InChI=1S/C14H22N5O5PS2/c1-14(2,3)4-7-10(23-25(21,27)24-26)9(20)13(22-7)19-6-18-8-11(15)16-5-17-12(8)19/h5-7,9-10,13,20,26H,4H2,1-3H3,(H,21,27)(H2,15,16,17)/t7-,9?,10?,13-,25?/m1/s1. The van der Waals surface area contributed by atoms with E-state index in [1.165, 1.54) is 12.7 Å². The third kappa shape index (κ3) is 4.43. The molecular weight excluding hydrogens is 413 g/mol. The van der Waals surface area contributed by atoms with Crippen molar-refractivity contribution in [1.29, 1.82) is 0 Å². The third-order valence-corrected chi connectivity index (χ3v) is 6.34.